The lowest BCUT2D eigenvalue weighted by atomic mass is 10.2. The first kappa shape index (κ1) is 9.57. The van der Waals surface area contributed by atoms with Crippen LogP contribution in [0.15, 0.2) is 11.6 Å². The molecule has 0 spiro atoms. The van der Waals surface area contributed by atoms with Gasteiger partial charge in [-0.25, -0.2) is 4.98 Å². The summed E-state index contributed by atoms with van der Waals surface area (Å²) in [5.41, 5.74) is 0. The molecule has 0 bridgehead atoms. The van der Waals surface area contributed by atoms with Crippen LogP contribution in [0.4, 0.5) is 5.13 Å². The highest BCUT2D eigenvalue weighted by Gasteiger charge is 2.25. The first-order chi connectivity index (χ1) is 6.74. The van der Waals surface area contributed by atoms with Gasteiger partial charge in [-0.3, -0.25) is 9.69 Å². The number of rotatable bonds is 3. The first-order valence-electron chi connectivity index (χ1n) is 4.34. The predicted molar refractivity (Wildman–Crippen MR) is 53.2 cm³/mol. The van der Waals surface area contributed by atoms with Gasteiger partial charge in [-0.05, 0) is 0 Å². The second-order valence-corrected chi connectivity index (χ2v) is 4.13. The summed E-state index contributed by atoms with van der Waals surface area (Å²) in [5.74, 6) is -0.0770. The van der Waals surface area contributed by atoms with Gasteiger partial charge in [-0.1, -0.05) is 0 Å². The van der Waals surface area contributed by atoms with E-state index in [0.717, 1.165) is 0 Å². The summed E-state index contributed by atoms with van der Waals surface area (Å²) in [4.78, 5) is 17.2. The second kappa shape index (κ2) is 4.04. The van der Waals surface area contributed by atoms with Crippen molar-refractivity contribution in [1.29, 1.82) is 0 Å². The molecule has 1 aromatic rings. The molecule has 1 amide bonds. The van der Waals surface area contributed by atoms with Crippen molar-refractivity contribution in [3.05, 3.63) is 11.6 Å². The molecule has 0 unspecified atom stereocenters. The highest BCUT2D eigenvalue weighted by Crippen LogP contribution is 2.11. The minimum atomic E-state index is -0.261. The van der Waals surface area contributed by atoms with Gasteiger partial charge in [0, 0.05) is 24.7 Å². The van der Waals surface area contributed by atoms with Crippen LogP contribution < -0.4 is 5.32 Å². The molecule has 0 aliphatic carbocycles. The van der Waals surface area contributed by atoms with Gasteiger partial charge < -0.3 is 10.4 Å². The fraction of sp³-hybridized carbons (Fsp3) is 0.500. The van der Waals surface area contributed by atoms with Crippen LogP contribution in [-0.2, 0) is 4.79 Å². The van der Waals surface area contributed by atoms with E-state index in [1.54, 1.807) is 6.20 Å². The summed E-state index contributed by atoms with van der Waals surface area (Å²) in [6, 6.07) is 0. The summed E-state index contributed by atoms with van der Waals surface area (Å²) >= 11 is 1.39. The molecule has 5 nitrogen and oxygen atoms in total. The van der Waals surface area contributed by atoms with Gasteiger partial charge >= 0.3 is 0 Å². The molecule has 2 rings (SSSR count). The Morgan fingerprint density at radius 3 is 3.14 bits per heavy atom. The fourth-order valence-corrected chi connectivity index (χ4v) is 1.86. The van der Waals surface area contributed by atoms with Gasteiger partial charge in [0.15, 0.2) is 5.13 Å². The lowest BCUT2D eigenvalue weighted by Gasteiger charge is -2.34. The summed E-state index contributed by atoms with van der Waals surface area (Å²) in [5, 5.41) is 14.1. The third kappa shape index (κ3) is 2.28. The van der Waals surface area contributed by atoms with Gasteiger partial charge in [-0.15, -0.1) is 11.3 Å². The van der Waals surface area contributed by atoms with E-state index in [1.165, 1.54) is 11.3 Å². The SMILES string of the molecule is O=C(CN1CC(O)C1)Nc1nccs1. The Kier molecular flexibility index (Phi) is 2.76. The highest BCUT2D eigenvalue weighted by atomic mass is 32.1. The molecule has 1 aliphatic rings. The van der Waals surface area contributed by atoms with E-state index in [0.29, 0.717) is 24.8 Å². The van der Waals surface area contributed by atoms with E-state index in [2.05, 4.69) is 10.3 Å². The molecule has 1 saturated heterocycles. The average molecular weight is 213 g/mol. The number of thiazole rings is 1. The largest absolute Gasteiger partial charge is 0.390 e. The van der Waals surface area contributed by atoms with Crippen molar-refractivity contribution in [3.8, 4) is 0 Å². The number of aromatic nitrogens is 1. The first-order valence-corrected chi connectivity index (χ1v) is 5.22. The van der Waals surface area contributed by atoms with Gasteiger partial charge in [0.2, 0.25) is 5.91 Å². The van der Waals surface area contributed by atoms with E-state index in [-0.39, 0.29) is 12.0 Å². The van der Waals surface area contributed by atoms with Crippen LogP contribution >= 0.6 is 11.3 Å². The van der Waals surface area contributed by atoms with Crippen molar-refractivity contribution < 1.29 is 9.90 Å². The van der Waals surface area contributed by atoms with Crippen LogP contribution in [0.25, 0.3) is 0 Å². The second-order valence-electron chi connectivity index (χ2n) is 3.23. The molecule has 76 valence electrons. The molecular formula is C8H11N3O2S. The predicted octanol–water partition coefficient (Wildman–Crippen LogP) is -0.242. The maximum Gasteiger partial charge on any atom is 0.240 e. The smallest absolute Gasteiger partial charge is 0.240 e. The van der Waals surface area contributed by atoms with Crippen molar-refractivity contribution in [3.63, 3.8) is 0 Å². The van der Waals surface area contributed by atoms with E-state index in [4.69, 9.17) is 5.11 Å². The van der Waals surface area contributed by atoms with Crippen LogP contribution in [-0.4, -0.2) is 46.6 Å². The van der Waals surface area contributed by atoms with Crippen LogP contribution in [0.3, 0.4) is 0 Å². The Morgan fingerprint density at radius 2 is 2.57 bits per heavy atom. The van der Waals surface area contributed by atoms with Crippen molar-refractivity contribution in [2.45, 2.75) is 6.10 Å². The number of nitrogens with one attached hydrogen (secondary N) is 1. The fourth-order valence-electron chi connectivity index (χ4n) is 1.32. The molecule has 6 heteroatoms. The molecule has 2 heterocycles. The quantitative estimate of drug-likeness (QED) is 0.727. The third-order valence-electron chi connectivity index (χ3n) is 1.98. The van der Waals surface area contributed by atoms with Gasteiger partial charge in [0.05, 0.1) is 12.6 Å². The number of nitrogens with zero attached hydrogens (tertiary/aromatic N) is 2. The number of aliphatic hydroxyl groups is 1. The summed E-state index contributed by atoms with van der Waals surface area (Å²) < 4.78 is 0. The number of likely N-dealkylation sites (tertiary alicyclic amines) is 1. The Hall–Kier alpha value is -0.980. The van der Waals surface area contributed by atoms with Crippen LogP contribution in [0.5, 0.6) is 0 Å². The van der Waals surface area contributed by atoms with Gasteiger partial charge in [0.1, 0.15) is 0 Å². The number of aliphatic hydroxyl groups excluding tert-OH is 1. The molecule has 0 saturated carbocycles. The molecule has 1 aromatic heterocycles. The van der Waals surface area contributed by atoms with Crippen molar-refractivity contribution in [2.24, 2.45) is 0 Å². The Labute approximate surface area is 85.4 Å². The monoisotopic (exact) mass is 213 g/mol. The lowest BCUT2D eigenvalue weighted by Crippen LogP contribution is -2.53. The van der Waals surface area contributed by atoms with Gasteiger partial charge in [-0.2, -0.15) is 0 Å². The number of carbonyl (C=O) groups is 1. The van der Waals surface area contributed by atoms with Crippen molar-refractivity contribution in [2.75, 3.05) is 25.0 Å². The normalized spacial score (nSPS) is 17.8. The number of amides is 1. The van der Waals surface area contributed by atoms with Crippen molar-refractivity contribution in [1.82, 2.24) is 9.88 Å². The lowest BCUT2D eigenvalue weighted by molar-refractivity contribution is -0.119. The maximum absolute atomic E-state index is 11.4. The number of carbonyl (C=O) groups excluding carboxylic acids is 1. The minimum absolute atomic E-state index is 0.0770. The molecule has 0 aromatic carbocycles. The maximum atomic E-state index is 11.4. The van der Waals surface area contributed by atoms with E-state index < -0.39 is 0 Å². The third-order valence-corrected chi connectivity index (χ3v) is 2.67. The zero-order valence-electron chi connectivity index (χ0n) is 7.51. The molecule has 1 aliphatic heterocycles. The Bertz CT molecular complexity index is 308. The molecular weight excluding hydrogens is 202 g/mol. The van der Waals surface area contributed by atoms with E-state index >= 15 is 0 Å². The Morgan fingerprint density at radius 1 is 1.79 bits per heavy atom. The molecule has 2 N–H and O–H groups in total. The average Bonchev–Trinajstić information content (AvgIpc) is 2.54. The highest BCUT2D eigenvalue weighted by molar-refractivity contribution is 7.13. The Balaban J connectivity index is 1.74. The molecule has 14 heavy (non-hydrogen) atoms. The van der Waals surface area contributed by atoms with Crippen LogP contribution in [0.1, 0.15) is 0 Å². The number of β-amino-alcohol motifs (C(OH)–C–C–N with tert-alkyl or cyclic N) is 1. The van der Waals surface area contributed by atoms with E-state index in [1.807, 2.05) is 10.3 Å². The minimum Gasteiger partial charge on any atom is -0.390 e. The molecule has 0 atom stereocenters. The zero-order chi connectivity index (χ0) is 9.97. The summed E-state index contributed by atoms with van der Waals surface area (Å²) in [6.45, 7) is 1.51. The van der Waals surface area contributed by atoms with Crippen LogP contribution in [0.2, 0.25) is 0 Å². The van der Waals surface area contributed by atoms with Gasteiger partial charge in [0.25, 0.3) is 0 Å². The number of hydrogen-bond acceptors (Lipinski definition) is 5. The number of hydrogen-bond donors (Lipinski definition) is 2. The summed E-state index contributed by atoms with van der Waals surface area (Å²) in [6.07, 6.45) is 1.39. The topological polar surface area (TPSA) is 65.5 Å². The van der Waals surface area contributed by atoms with Crippen molar-refractivity contribution >= 4 is 22.4 Å². The zero-order valence-corrected chi connectivity index (χ0v) is 8.33. The summed E-state index contributed by atoms with van der Waals surface area (Å²) in [7, 11) is 0. The van der Waals surface area contributed by atoms with E-state index in [9.17, 15) is 4.79 Å². The number of anilines is 1. The van der Waals surface area contributed by atoms with Crippen LogP contribution in [0, 0.1) is 0 Å². The standard InChI is InChI=1S/C8H11N3O2S/c12-6-3-11(4-6)5-7(13)10-8-9-1-2-14-8/h1-2,6,12H,3-5H2,(H,9,10,13). The molecule has 1 fully saturated rings. The molecule has 0 radical (unpaired) electrons.